The van der Waals surface area contributed by atoms with Gasteiger partial charge in [-0.2, -0.15) is 0 Å². The number of amidine groups is 1. The highest BCUT2D eigenvalue weighted by atomic mass is 35.5. The van der Waals surface area contributed by atoms with Gasteiger partial charge in [-0.15, -0.1) is 11.8 Å². The number of benzene rings is 2. The van der Waals surface area contributed by atoms with Crippen molar-refractivity contribution in [2.75, 3.05) is 0 Å². The van der Waals surface area contributed by atoms with E-state index in [9.17, 15) is 0 Å². The molecule has 0 aliphatic heterocycles. The van der Waals surface area contributed by atoms with Crippen LogP contribution < -0.4 is 5.73 Å². The molecule has 2 nitrogen and oxygen atoms in total. The first kappa shape index (κ1) is 13.0. The minimum Gasteiger partial charge on any atom is -0.384 e. The lowest BCUT2D eigenvalue weighted by Gasteiger charge is -2.07. The van der Waals surface area contributed by atoms with Crippen LogP contribution in [0.1, 0.15) is 11.1 Å². The van der Waals surface area contributed by atoms with Crippen molar-refractivity contribution >= 4 is 29.2 Å². The third-order valence-corrected chi connectivity index (χ3v) is 3.88. The van der Waals surface area contributed by atoms with Gasteiger partial charge >= 0.3 is 0 Å². The van der Waals surface area contributed by atoms with Crippen molar-refractivity contribution in [1.82, 2.24) is 0 Å². The fourth-order valence-corrected chi connectivity index (χ4v) is 2.71. The van der Waals surface area contributed by atoms with Gasteiger partial charge in [-0.1, -0.05) is 41.9 Å². The molecule has 2 aromatic carbocycles. The summed E-state index contributed by atoms with van der Waals surface area (Å²) in [4.78, 5) is 1.03. The van der Waals surface area contributed by atoms with Crippen LogP contribution in [0.25, 0.3) is 0 Å². The summed E-state index contributed by atoms with van der Waals surface area (Å²) in [7, 11) is 0. The van der Waals surface area contributed by atoms with E-state index in [1.165, 1.54) is 5.56 Å². The zero-order valence-electron chi connectivity index (χ0n) is 9.69. The van der Waals surface area contributed by atoms with Gasteiger partial charge in [0.2, 0.25) is 0 Å². The summed E-state index contributed by atoms with van der Waals surface area (Å²) in [6.45, 7) is 0. The zero-order valence-corrected chi connectivity index (χ0v) is 11.3. The molecule has 18 heavy (non-hydrogen) atoms. The molecule has 2 rings (SSSR count). The Bertz CT molecular complexity index is 552. The SMILES string of the molecule is N=C(N)c1ccccc1SCc1ccc(Cl)cc1. The molecular formula is C14H13ClN2S. The average molecular weight is 277 g/mol. The van der Waals surface area contributed by atoms with Gasteiger partial charge in [-0.05, 0) is 23.8 Å². The van der Waals surface area contributed by atoms with E-state index in [2.05, 4.69) is 0 Å². The molecular weight excluding hydrogens is 264 g/mol. The Morgan fingerprint density at radius 1 is 1.11 bits per heavy atom. The van der Waals surface area contributed by atoms with Crippen LogP contribution in [0.15, 0.2) is 53.4 Å². The number of nitrogen functional groups attached to an aromatic ring is 1. The summed E-state index contributed by atoms with van der Waals surface area (Å²) in [5.41, 5.74) is 7.54. The minimum atomic E-state index is 0.106. The van der Waals surface area contributed by atoms with Gasteiger partial charge in [-0.3, -0.25) is 5.41 Å². The second-order valence-corrected chi connectivity index (χ2v) is 5.28. The van der Waals surface area contributed by atoms with Crippen LogP contribution in [-0.2, 0) is 5.75 Å². The molecule has 0 aliphatic carbocycles. The van der Waals surface area contributed by atoms with Crippen LogP contribution >= 0.6 is 23.4 Å². The monoisotopic (exact) mass is 276 g/mol. The van der Waals surface area contributed by atoms with Crippen LogP contribution in [-0.4, -0.2) is 5.84 Å². The van der Waals surface area contributed by atoms with Crippen LogP contribution in [0.5, 0.6) is 0 Å². The first-order valence-electron chi connectivity index (χ1n) is 5.47. The quantitative estimate of drug-likeness (QED) is 0.505. The zero-order chi connectivity index (χ0) is 13.0. The van der Waals surface area contributed by atoms with E-state index < -0.39 is 0 Å². The van der Waals surface area contributed by atoms with E-state index >= 15 is 0 Å². The average Bonchev–Trinajstić information content (AvgIpc) is 2.38. The van der Waals surface area contributed by atoms with Crippen molar-refractivity contribution in [2.24, 2.45) is 5.73 Å². The van der Waals surface area contributed by atoms with Crippen molar-refractivity contribution in [3.05, 3.63) is 64.7 Å². The summed E-state index contributed by atoms with van der Waals surface area (Å²) in [6, 6.07) is 15.5. The van der Waals surface area contributed by atoms with Crippen molar-refractivity contribution in [1.29, 1.82) is 5.41 Å². The summed E-state index contributed by atoms with van der Waals surface area (Å²) >= 11 is 7.51. The fraction of sp³-hybridized carbons (Fsp3) is 0.0714. The Morgan fingerprint density at radius 2 is 1.78 bits per heavy atom. The second kappa shape index (κ2) is 5.94. The van der Waals surface area contributed by atoms with Gasteiger partial charge in [0.15, 0.2) is 0 Å². The Balaban J connectivity index is 2.10. The summed E-state index contributed by atoms with van der Waals surface area (Å²) in [5.74, 6) is 0.941. The van der Waals surface area contributed by atoms with Gasteiger partial charge in [0.25, 0.3) is 0 Å². The topological polar surface area (TPSA) is 49.9 Å². The Morgan fingerprint density at radius 3 is 2.44 bits per heavy atom. The number of halogens is 1. The van der Waals surface area contributed by atoms with E-state index in [1.807, 2.05) is 48.5 Å². The molecule has 0 amide bonds. The lowest BCUT2D eigenvalue weighted by Crippen LogP contribution is -2.12. The van der Waals surface area contributed by atoms with Crippen molar-refractivity contribution in [2.45, 2.75) is 10.6 Å². The van der Waals surface area contributed by atoms with Crippen molar-refractivity contribution in [3.8, 4) is 0 Å². The van der Waals surface area contributed by atoms with Crippen LogP contribution in [0, 0.1) is 5.41 Å². The summed E-state index contributed by atoms with van der Waals surface area (Å²) in [5, 5.41) is 8.28. The molecule has 0 fully saturated rings. The highest BCUT2D eigenvalue weighted by Crippen LogP contribution is 2.26. The maximum atomic E-state index is 7.53. The number of nitrogens with one attached hydrogen (secondary N) is 1. The lowest BCUT2D eigenvalue weighted by atomic mass is 10.2. The van der Waals surface area contributed by atoms with E-state index in [0.29, 0.717) is 0 Å². The molecule has 4 heteroatoms. The maximum Gasteiger partial charge on any atom is 0.123 e. The van der Waals surface area contributed by atoms with Gasteiger partial charge < -0.3 is 5.73 Å². The first-order chi connectivity index (χ1) is 8.66. The maximum absolute atomic E-state index is 7.53. The summed E-state index contributed by atoms with van der Waals surface area (Å²) in [6.07, 6.45) is 0. The number of thioether (sulfide) groups is 1. The van der Waals surface area contributed by atoms with Crippen molar-refractivity contribution < 1.29 is 0 Å². The van der Waals surface area contributed by atoms with Gasteiger partial charge in [-0.25, -0.2) is 0 Å². The molecule has 0 aromatic heterocycles. The molecule has 0 spiro atoms. The third kappa shape index (κ3) is 3.28. The Hall–Kier alpha value is -1.45. The molecule has 0 saturated heterocycles. The molecule has 0 bridgehead atoms. The standard InChI is InChI=1S/C14H13ClN2S/c15-11-7-5-10(6-8-11)9-18-13-4-2-1-3-12(13)14(16)17/h1-8H,9H2,(H3,16,17). The third-order valence-electron chi connectivity index (χ3n) is 2.48. The number of nitrogens with two attached hydrogens (primary N) is 1. The van der Waals surface area contributed by atoms with E-state index in [0.717, 1.165) is 21.2 Å². The molecule has 2 aromatic rings. The minimum absolute atomic E-state index is 0.106. The van der Waals surface area contributed by atoms with Gasteiger partial charge in [0.1, 0.15) is 5.84 Å². The first-order valence-corrected chi connectivity index (χ1v) is 6.84. The predicted molar refractivity (Wildman–Crippen MR) is 78.5 cm³/mol. The highest BCUT2D eigenvalue weighted by Gasteiger charge is 2.05. The van der Waals surface area contributed by atoms with Gasteiger partial charge in [0.05, 0.1) is 0 Å². The highest BCUT2D eigenvalue weighted by molar-refractivity contribution is 7.98. The molecule has 3 N–H and O–H groups in total. The molecule has 0 aliphatic rings. The number of hydrogen-bond donors (Lipinski definition) is 2. The smallest absolute Gasteiger partial charge is 0.123 e. The fourth-order valence-electron chi connectivity index (χ4n) is 1.56. The number of hydrogen-bond acceptors (Lipinski definition) is 2. The normalized spacial score (nSPS) is 10.3. The van der Waals surface area contributed by atoms with Gasteiger partial charge in [0, 0.05) is 21.2 Å². The van der Waals surface area contributed by atoms with Crippen LogP contribution in [0.2, 0.25) is 5.02 Å². The predicted octanol–water partition coefficient (Wildman–Crippen LogP) is 3.92. The Labute approximate surface area is 116 Å². The largest absolute Gasteiger partial charge is 0.384 e. The van der Waals surface area contributed by atoms with E-state index in [-0.39, 0.29) is 5.84 Å². The molecule has 0 saturated carbocycles. The lowest BCUT2D eigenvalue weighted by molar-refractivity contribution is 1.33. The second-order valence-electron chi connectivity index (χ2n) is 3.82. The molecule has 0 atom stereocenters. The van der Waals surface area contributed by atoms with E-state index in [4.69, 9.17) is 22.7 Å². The molecule has 0 unspecified atom stereocenters. The molecule has 0 radical (unpaired) electrons. The summed E-state index contributed by atoms with van der Waals surface area (Å²) < 4.78 is 0. The Kier molecular flexibility index (Phi) is 4.28. The van der Waals surface area contributed by atoms with Crippen LogP contribution in [0.4, 0.5) is 0 Å². The number of rotatable bonds is 4. The molecule has 0 heterocycles. The van der Waals surface area contributed by atoms with Crippen LogP contribution in [0.3, 0.4) is 0 Å². The molecule has 92 valence electrons. The van der Waals surface area contributed by atoms with Crippen molar-refractivity contribution in [3.63, 3.8) is 0 Å². The van der Waals surface area contributed by atoms with E-state index in [1.54, 1.807) is 11.8 Å².